The van der Waals surface area contributed by atoms with Gasteiger partial charge in [-0.05, 0) is 19.0 Å². The van der Waals surface area contributed by atoms with E-state index in [0.717, 1.165) is 6.54 Å². The van der Waals surface area contributed by atoms with Crippen molar-refractivity contribution in [3.8, 4) is 0 Å². The van der Waals surface area contributed by atoms with Gasteiger partial charge in [0.05, 0.1) is 17.3 Å². The molecule has 0 saturated heterocycles. The first-order valence-corrected chi connectivity index (χ1v) is 7.43. The first kappa shape index (κ1) is 14.1. The van der Waals surface area contributed by atoms with E-state index < -0.39 is 0 Å². The highest BCUT2D eigenvalue weighted by Crippen LogP contribution is 2.26. The molecule has 0 bridgehead atoms. The summed E-state index contributed by atoms with van der Waals surface area (Å²) in [5, 5.41) is 9.61. The number of nitrogens with zero attached hydrogens (tertiary/aromatic N) is 2. The molecule has 0 fully saturated rings. The standard InChI is InChI=1S/C16H25N3/c1-4-6-7-11-14(17-5-2)16-13-10-8-9-12-15(13)19(3)18-16/h8-10,12,14,17H,4-7,11H2,1-3H3. The van der Waals surface area contributed by atoms with Gasteiger partial charge < -0.3 is 5.32 Å². The molecule has 0 amide bonds. The maximum Gasteiger partial charge on any atom is 0.0872 e. The summed E-state index contributed by atoms with van der Waals surface area (Å²) in [6.45, 7) is 5.40. The van der Waals surface area contributed by atoms with Gasteiger partial charge in [0.15, 0.2) is 0 Å². The van der Waals surface area contributed by atoms with E-state index in [1.54, 1.807) is 0 Å². The van der Waals surface area contributed by atoms with Crippen molar-refractivity contribution in [1.82, 2.24) is 15.1 Å². The van der Waals surface area contributed by atoms with Crippen LogP contribution in [0.3, 0.4) is 0 Å². The maximum atomic E-state index is 4.74. The molecule has 0 spiro atoms. The fourth-order valence-corrected chi connectivity index (χ4v) is 2.68. The van der Waals surface area contributed by atoms with Crippen molar-refractivity contribution in [3.05, 3.63) is 30.0 Å². The summed E-state index contributed by atoms with van der Waals surface area (Å²) in [5.41, 5.74) is 2.42. The van der Waals surface area contributed by atoms with Crippen molar-refractivity contribution < 1.29 is 0 Å². The summed E-state index contributed by atoms with van der Waals surface area (Å²) in [4.78, 5) is 0. The fourth-order valence-electron chi connectivity index (χ4n) is 2.68. The largest absolute Gasteiger partial charge is 0.309 e. The molecule has 1 N–H and O–H groups in total. The van der Waals surface area contributed by atoms with Gasteiger partial charge in [0.1, 0.15) is 0 Å². The lowest BCUT2D eigenvalue weighted by Gasteiger charge is -2.16. The molecule has 1 unspecified atom stereocenters. The molecular formula is C16H25N3. The first-order chi connectivity index (χ1) is 9.27. The monoisotopic (exact) mass is 259 g/mol. The third kappa shape index (κ3) is 3.16. The van der Waals surface area contributed by atoms with Crippen LogP contribution in [0, 0.1) is 0 Å². The summed E-state index contributed by atoms with van der Waals surface area (Å²) in [6, 6.07) is 8.88. The van der Waals surface area contributed by atoms with Crippen molar-refractivity contribution >= 4 is 10.9 Å². The number of aryl methyl sites for hydroxylation is 1. The second-order valence-electron chi connectivity index (χ2n) is 5.13. The number of hydrogen-bond donors (Lipinski definition) is 1. The molecule has 1 heterocycles. The van der Waals surface area contributed by atoms with Crippen LogP contribution in [0.5, 0.6) is 0 Å². The van der Waals surface area contributed by atoms with Crippen LogP contribution in [0.25, 0.3) is 10.9 Å². The molecule has 3 heteroatoms. The van der Waals surface area contributed by atoms with Crippen LogP contribution in [0.1, 0.15) is 51.3 Å². The van der Waals surface area contributed by atoms with Crippen molar-refractivity contribution in [2.75, 3.05) is 6.54 Å². The normalized spacial score (nSPS) is 13.0. The second-order valence-corrected chi connectivity index (χ2v) is 5.13. The zero-order chi connectivity index (χ0) is 13.7. The van der Waals surface area contributed by atoms with E-state index in [-0.39, 0.29) is 0 Å². The minimum absolute atomic E-state index is 0.377. The Bertz CT molecular complexity index is 516. The van der Waals surface area contributed by atoms with E-state index in [1.807, 2.05) is 11.7 Å². The highest BCUT2D eigenvalue weighted by molar-refractivity contribution is 5.82. The first-order valence-electron chi connectivity index (χ1n) is 7.43. The second kappa shape index (κ2) is 6.71. The molecule has 0 aliphatic carbocycles. The van der Waals surface area contributed by atoms with Crippen LogP contribution in [-0.2, 0) is 7.05 Å². The lowest BCUT2D eigenvalue weighted by Crippen LogP contribution is -2.21. The van der Waals surface area contributed by atoms with Gasteiger partial charge in [-0.3, -0.25) is 4.68 Å². The molecule has 104 valence electrons. The Morgan fingerprint density at radius 3 is 2.74 bits per heavy atom. The molecular weight excluding hydrogens is 234 g/mol. The summed E-state index contributed by atoms with van der Waals surface area (Å²) < 4.78 is 1.99. The number of benzene rings is 1. The summed E-state index contributed by atoms with van der Waals surface area (Å²) in [6.07, 6.45) is 5.00. The number of rotatable bonds is 7. The molecule has 0 aliphatic heterocycles. The van der Waals surface area contributed by atoms with E-state index in [9.17, 15) is 0 Å². The average Bonchev–Trinajstić information content (AvgIpc) is 2.76. The predicted octanol–water partition coefficient (Wildman–Crippen LogP) is 3.80. The van der Waals surface area contributed by atoms with E-state index in [0.29, 0.717) is 6.04 Å². The molecule has 0 saturated carbocycles. The zero-order valence-electron chi connectivity index (χ0n) is 12.3. The van der Waals surface area contributed by atoms with Gasteiger partial charge in [0.25, 0.3) is 0 Å². The Labute approximate surface area is 116 Å². The number of para-hydroxylation sites is 1. The fraction of sp³-hybridized carbons (Fsp3) is 0.562. The molecule has 0 aliphatic rings. The van der Waals surface area contributed by atoms with Crippen molar-refractivity contribution in [1.29, 1.82) is 0 Å². The summed E-state index contributed by atoms with van der Waals surface area (Å²) in [5.74, 6) is 0. The highest BCUT2D eigenvalue weighted by atomic mass is 15.3. The van der Waals surface area contributed by atoms with E-state index >= 15 is 0 Å². The number of fused-ring (bicyclic) bond motifs is 1. The number of aromatic nitrogens is 2. The van der Waals surface area contributed by atoms with E-state index in [2.05, 4.69) is 43.4 Å². The van der Waals surface area contributed by atoms with E-state index in [1.165, 1.54) is 42.3 Å². The van der Waals surface area contributed by atoms with Gasteiger partial charge in [-0.25, -0.2) is 0 Å². The zero-order valence-corrected chi connectivity index (χ0v) is 12.3. The van der Waals surface area contributed by atoms with Crippen LogP contribution >= 0.6 is 0 Å². The Morgan fingerprint density at radius 2 is 2.00 bits per heavy atom. The van der Waals surface area contributed by atoms with Crippen LogP contribution in [0.15, 0.2) is 24.3 Å². The van der Waals surface area contributed by atoms with Crippen molar-refractivity contribution in [3.63, 3.8) is 0 Å². The van der Waals surface area contributed by atoms with Gasteiger partial charge in [-0.15, -0.1) is 0 Å². The van der Waals surface area contributed by atoms with Crippen LogP contribution in [0.2, 0.25) is 0 Å². The maximum absolute atomic E-state index is 4.74. The lowest BCUT2D eigenvalue weighted by molar-refractivity contribution is 0.474. The van der Waals surface area contributed by atoms with Gasteiger partial charge in [0.2, 0.25) is 0 Å². The summed E-state index contributed by atoms with van der Waals surface area (Å²) in [7, 11) is 2.03. The van der Waals surface area contributed by atoms with Crippen molar-refractivity contribution in [2.45, 2.75) is 45.6 Å². The molecule has 19 heavy (non-hydrogen) atoms. The molecule has 1 aromatic carbocycles. The van der Waals surface area contributed by atoms with Crippen LogP contribution in [-0.4, -0.2) is 16.3 Å². The third-order valence-corrected chi connectivity index (χ3v) is 3.66. The predicted molar refractivity (Wildman–Crippen MR) is 81.3 cm³/mol. The van der Waals surface area contributed by atoms with Gasteiger partial charge in [-0.1, -0.05) is 51.3 Å². The Hall–Kier alpha value is -1.35. The Morgan fingerprint density at radius 1 is 1.21 bits per heavy atom. The Balaban J connectivity index is 2.27. The smallest absolute Gasteiger partial charge is 0.0872 e. The molecule has 1 atom stereocenters. The molecule has 3 nitrogen and oxygen atoms in total. The summed E-state index contributed by atoms with van der Waals surface area (Å²) >= 11 is 0. The molecule has 2 rings (SSSR count). The van der Waals surface area contributed by atoms with Gasteiger partial charge >= 0.3 is 0 Å². The minimum atomic E-state index is 0.377. The number of unbranched alkanes of at least 4 members (excludes halogenated alkanes) is 2. The minimum Gasteiger partial charge on any atom is -0.309 e. The average molecular weight is 259 g/mol. The SMILES string of the molecule is CCCCCC(NCC)c1nn(C)c2ccccc12. The molecule has 0 radical (unpaired) electrons. The third-order valence-electron chi connectivity index (χ3n) is 3.66. The Kier molecular flexibility index (Phi) is 4.97. The topological polar surface area (TPSA) is 29.9 Å². The number of hydrogen-bond acceptors (Lipinski definition) is 2. The van der Waals surface area contributed by atoms with Gasteiger partial charge in [-0.2, -0.15) is 5.10 Å². The quantitative estimate of drug-likeness (QED) is 0.766. The van der Waals surface area contributed by atoms with E-state index in [4.69, 9.17) is 5.10 Å². The highest BCUT2D eigenvalue weighted by Gasteiger charge is 2.17. The van der Waals surface area contributed by atoms with Gasteiger partial charge in [0, 0.05) is 12.4 Å². The van der Waals surface area contributed by atoms with Crippen LogP contribution < -0.4 is 5.32 Å². The molecule has 2 aromatic rings. The molecule has 1 aromatic heterocycles. The number of nitrogens with one attached hydrogen (secondary N) is 1. The lowest BCUT2D eigenvalue weighted by atomic mass is 10.0. The van der Waals surface area contributed by atoms with Crippen LogP contribution in [0.4, 0.5) is 0 Å². The van der Waals surface area contributed by atoms with Crippen molar-refractivity contribution in [2.24, 2.45) is 7.05 Å².